The lowest BCUT2D eigenvalue weighted by molar-refractivity contribution is 0.195. The average molecular weight is 229 g/mol. The maximum atomic E-state index is 4.98. The molecule has 2 N–H and O–H groups in total. The summed E-state index contributed by atoms with van der Waals surface area (Å²) in [5.74, 6) is 1.67. The quantitative estimate of drug-likeness (QED) is 0.378. The van der Waals surface area contributed by atoms with Gasteiger partial charge in [-0.05, 0) is 25.2 Å². The van der Waals surface area contributed by atoms with E-state index in [1.165, 1.54) is 12.8 Å². The molecule has 0 aromatic rings. The zero-order chi connectivity index (χ0) is 12.2. The molecular formula is C12H27N3O. The van der Waals surface area contributed by atoms with Gasteiger partial charge in [0.1, 0.15) is 0 Å². The molecule has 0 amide bonds. The maximum absolute atomic E-state index is 4.98. The van der Waals surface area contributed by atoms with E-state index in [1.807, 2.05) is 0 Å². The number of aliphatic imine (C=N–C) groups is 1. The molecule has 0 radical (unpaired) electrons. The summed E-state index contributed by atoms with van der Waals surface area (Å²) in [7, 11) is 3.52. The van der Waals surface area contributed by atoms with Crippen molar-refractivity contribution in [2.75, 3.05) is 33.9 Å². The molecule has 0 aliphatic heterocycles. The highest BCUT2D eigenvalue weighted by Gasteiger charge is 1.97. The Kier molecular flexibility index (Phi) is 10.2. The molecule has 16 heavy (non-hydrogen) atoms. The van der Waals surface area contributed by atoms with Gasteiger partial charge in [0, 0.05) is 33.9 Å². The van der Waals surface area contributed by atoms with Crippen LogP contribution in [0.3, 0.4) is 0 Å². The molecule has 0 aromatic carbocycles. The van der Waals surface area contributed by atoms with Gasteiger partial charge in [-0.2, -0.15) is 0 Å². The lowest BCUT2D eigenvalue weighted by atomic mass is 10.1. The van der Waals surface area contributed by atoms with Gasteiger partial charge in [-0.3, -0.25) is 4.99 Å². The van der Waals surface area contributed by atoms with Crippen molar-refractivity contribution in [3.05, 3.63) is 0 Å². The summed E-state index contributed by atoms with van der Waals surface area (Å²) in [6.07, 6.45) is 3.45. The largest absolute Gasteiger partial charge is 0.385 e. The minimum atomic E-state index is 0.776. The monoisotopic (exact) mass is 229 g/mol. The minimum Gasteiger partial charge on any atom is -0.385 e. The summed E-state index contributed by atoms with van der Waals surface area (Å²) in [4.78, 5) is 4.16. The van der Waals surface area contributed by atoms with Crippen LogP contribution in [-0.2, 0) is 4.74 Å². The van der Waals surface area contributed by atoms with E-state index in [0.29, 0.717) is 0 Å². The van der Waals surface area contributed by atoms with E-state index in [2.05, 4.69) is 29.5 Å². The van der Waals surface area contributed by atoms with E-state index < -0.39 is 0 Å². The van der Waals surface area contributed by atoms with Gasteiger partial charge in [0.15, 0.2) is 5.96 Å². The molecule has 0 saturated heterocycles. The van der Waals surface area contributed by atoms with Crippen LogP contribution in [0.25, 0.3) is 0 Å². The van der Waals surface area contributed by atoms with E-state index in [-0.39, 0.29) is 0 Å². The highest BCUT2D eigenvalue weighted by molar-refractivity contribution is 5.79. The molecule has 0 unspecified atom stereocenters. The predicted octanol–water partition coefficient (Wildman–Crippen LogP) is 1.62. The van der Waals surface area contributed by atoms with E-state index in [4.69, 9.17) is 4.74 Å². The minimum absolute atomic E-state index is 0.776. The standard InChI is InChI=1S/C12H27N3O/c1-11(2)7-5-8-14-12(13-3)15-9-6-10-16-4/h11H,5-10H2,1-4H3,(H2,13,14,15). The van der Waals surface area contributed by atoms with Crippen LogP contribution in [0.15, 0.2) is 4.99 Å². The second-order valence-electron chi connectivity index (χ2n) is 4.31. The number of hydrogen-bond acceptors (Lipinski definition) is 2. The Balaban J connectivity index is 3.45. The van der Waals surface area contributed by atoms with Crippen molar-refractivity contribution in [2.45, 2.75) is 33.1 Å². The molecule has 4 heteroatoms. The number of nitrogens with one attached hydrogen (secondary N) is 2. The number of rotatable bonds is 8. The van der Waals surface area contributed by atoms with Crippen molar-refractivity contribution < 1.29 is 4.74 Å². The summed E-state index contributed by atoms with van der Waals surface area (Å²) in [6.45, 7) is 7.17. The Morgan fingerprint density at radius 2 is 1.81 bits per heavy atom. The van der Waals surface area contributed by atoms with Crippen LogP contribution in [0.2, 0.25) is 0 Å². The summed E-state index contributed by atoms with van der Waals surface area (Å²) < 4.78 is 4.98. The fraction of sp³-hybridized carbons (Fsp3) is 0.917. The molecule has 0 heterocycles. The Morgan fingerprint density at radius 1 is 1.19 bits per heavy atom. The van der Waals surface area contributed by atoms with Gasteiger partial charge >= 0.3 is 0 Å². The number of nitrogens with zero attached hydrogens (tertiary/aromatic N) is 1. The van der Waals surface area contributed by atoms with Gasteiger partial charge in [0.05, 0.1) is 0 Å². The van der Waals surface area contributed by atoms with Gasteiger partial charge in [0.2, 0.25) is 0 Å². The van der Waals surface area contributed by atoms with Crippen LogP contribution >= 0.6 is 0 Å². The van der Waals surface area contributed by atoms with Crippen LogP contribution in [-0.4, -0.2) is 39.8 Å². The van der Waals surface area contributed by atoms with Gasteiger partial charge in [-0.1, -0.05) is 13.8 Å². The molecule has 0 aliphatic rings. The molecule has 0 aliphatic carbocycles. The third-order valence-corrected chi connectivity index (χ3v) is 2.29. The van der Waals surface area contributed by atoms with Crippen LogP contribution in [0, 0.1) is 5.92 Å². The molecule has 0 aromatic heterocycles. The van der Waals surface area contributed by atoms with Crippen molar-refractivity contribution in [3.63, 3.8) is 0 Å². The van der Waals surface area contributed by atoms with Crippen molar-refractivity contribution in [3.8, 4) is 0 Å². The molecular weight excluding hydrogens is 202 g/mol. The summed E-state index contributed by atoms with van der Waals surface area (Å²) in [5.41, 5.74) is 0. The van der Waals surface area contributed by atoms with Crippen LogP contribution < -0.4 is 10.6 Å². The normalized spacial score (nSPS) is 11.9. The zero-order valence-corrected chi connectivity index (χ0v) is 11.2. The average Bonchev–Trinajstić information content (AvgIpc) is 2.26. The third kappa shape index (κ3) is 9.77. The molecule has 0 rings (SSSR count). The number of guanidine groups is 1. The maximum Gasteiger partial charge on any atom is 0.190 e. The number of ether oxygens (including phenoxy) is 1. The van der Waals surface area contributed by atoms with E-state index in [9.17, 15) is 0 Å². The highest BCUT2D eigenvalue weighted by Crippen LogP contribution is 2.01. The van der Waals surface area contributed by atoms with E-state index in [1.54, 1.807) is 14.2 Å². The van der Waals surface area contributed by atoms with Crippen molar-refractivity contribution >= 4 is 5.96 Å². The molecule has 0 saturated carbocycles. The van der Waals surface area contributed by atoms with Crippen molar-refractivity contribution in [1.82, 2.24) is 10.6 Å². The smallest absolute Gasteiger partial charge is 0.190 e. The lowest BCUT2D eigenvalue weighted by Gasteiger charge is -2.12. The Labute approximate surface area is 99.9 Å². The second-order valence-corrected chi connectivity index (χ2v) is 4.31. The molecule has 0 spiro atoms. The summed E-state index contributed by atoms with van der Waals surface area (Å²) in [6, 6.07) is 0. The summed E-state index contributed by atoms with van der Waals surface area (Å²) >= 11 is 0. The van der Waals surface area contributed by atoms with Crippen molar-refractivity contribution in [1.29, 1.82) is 0 Å². The molecule has 96 valence electrons. The van der Waals surface area contributed by atoms with E-state index >= 15 is 0 Å². The number of methoxy groups -OCH3 is 1. The fourth-order valence-electron chi connectivity index (χ4n) is 1.36. The zero-order valence-electron chi connectivity index (χ0n) is 11.2. The molecule has 4 nitrogen and oxygen atoms in total. The van der Waals surface area contributed by atoms with Crippen LogP contribution in [0.1, 0.15) is 33.1 Å². The first kappa shape index (κ1) is 15.2. The fourth-order valence-corrected chi connectivity index (χ4v) is 1.36. The van der Waals surface area contributed by atoms with Gasteiger partial charge in [-0.15, -0.1) is 0 Å². The topological polar surface area (TPSA) is 45.7 Å². The summed E-state index contributed by atoms with van der Waals surface area (Å²) in [5, 5.41) is 6.55. The van der Waals surface area contributed by atoms with Crippen molar-refractivity contribution in [2.24, 2.45) is 10.9 Å². The van der Waals surface area contributed by atoms with Crippen LogP contribution in [0.5, 0.6) is 0 Å². The van der Waals surface area contributed by atoms with E-state index in [0.717, 1.165) is 38.0 Å². The Hall–Kier alpha value is -0.770. The highest BCUT2D eigenvalue weighted by atomic mass is 16.5. The lowest BCUT2D eigenvalue weighted by Crippen LogP contribution is -2.38. The second kappa shape index (κ2) is 10.7. The first-order valence-electron chi connectivity index (χ1n) is 6.14. The van der Waals surface area contributed by atoms with Gasteiger partial charge < -0.3 is 15.4 Å². The SMILES string of the molecule is CN=C(NCCCOC)NCCCC(C)C. The number of hydrogen-bond donors (Lipinski definition) is 2. The molecule has 0 fully saturated rings. The predicted molar refractivity (Wildman–Crippen MR) is 69.9 cm³/mol. The Bertz CT molecular complexity index is 181. The molecule has 0 bridgehead atoms. The Morgan fingerprint density at radius 3 is 2.31 bits per heavy atom. The third-order valence-electron chi connectivity index (χ3n) is 2.29. The first-order chi connectivity index (χ1) is 7.70. The molecule has 0 atom stereocenters. The van der Waals surface area contributed by atoms with Gasteiger partial charge in [0.25, 0.3) is 0 Å². The van der Waals surface area contributed by atoms with Crippen LogP contribution in [0.4, 0.5) is 0 Å². The van der Waals surface area contributed by atoms with Gasteiger partial charge in [-0.25, -0.2) is 0 Å². The first-order valence-corrected chi connectivity index (χ1v) is 6.14.